The fourth-order valence-electron chi connectivity index (χ4n) is 2.53. The number of carbonyl (C=O) groups is 2. The van der Waals surface area contributed by atoms with Crippen LogP contribution in [-0.4, -0.2) is 43.2 Å². The molecule has 0 atom stereocenters. The van der Waals surface area contributed by atoms with Crippen LogP contribution in [0.5, 0.6) is 5.75 Å². The van der Waals surface area contributed by atoms with E-state index in [1.807, 2.05) is 30.3 Å². The minimum atomic E-state index is -1.18. The second-order valence-corrected chi connectivity index (χ2v) is 5.45. The van der Waals surface area contributed by atoms with Crippen LogP contribution in [0.25, 0.3) is 5.65 Å². The molecule has 0 bridgehead atoms. The fourth-order valence-corrected chi connectivity index (χ4v) is 2.53. The maximum atomic E-state index is 12.2. The molecule has 0 spiro atoms. The van der Waals surface area contributed by atoms with Crippen LogP contribution < -0.4 is 5.32 Å². The Morgan fingerprint density at radius 1 is 1.08 bits per heavy atom. The van der Waals surface area contributed by atoms with E-state index in [0.29, 0.717) is 12.2 Å². The number of amides is 1. The van der Waals surface area contributed by atoms with Gasteiger partial charge in [-0.3, -0.25) is 14.0 Å². The van der Waals surface area contributed by atoms with Crippen LogP contribution in [0.2, 0.25) is 0 Å². The second kappa shape index (κ2) is 7.00. The van der Waals surface area contributed by atoms with Gasteiger partial charge in [0.05, 0.1) is 0 Å². The first-order chi connectivity index (χ1) is 12.1. The molecule has 1 amide bonds. The van der Waals surface area contributed by atoms with Crippen molar-refractivity contribution >= 4 is 17.5 Å². The molecule has 2 heterocycles. The summed E-state index contributed by atoms with van der Waals surface area (Å²) in [5, 5.41) is 28.9. The van der Waals surface area contributed by atoms with E-state index in [1.54, 1.807) is 10.6 Å². The molecule has 8 nitrogen and oxygen atoms in total. The van der Waals surface area contributed by atoms with Crippen LogP contribution >= 0.6 is 0 Å². The summed E-state index contributed by atoms with van der Waals surface area (Å²) in [6.07, 6.45) is 2.94. The molecule has 0 aliphatic heterocycles. The van der Waals surface area contributed by atoms with Crippen molar-refractivity contribution in [3.05, 3.63) is 59.5 Å². The molecule has 3 rings (SSSR count). The average Bonchev–Trinajstić information content (AvgIpc) is 3.01. The van der Waals surface area contributed by atoms with E-state index in [4.69, 9.17) is 5.11 Å². The van der Waals surface area contributed by atoms with Crippen molar-refractivity contribution in [3.63, 3.8) is 0 Å². The Kier molecular flexibility index (Phi) is 4.60. The van der Waals surface area contributed by atoms with Gasteiger partial charge in [-0.15, -0.1) is 10.2 Å². The highest BCUT2D eigenvalue weighted by molar-refractivity contribution is 6.03. The maximum Gasteiger partial charge on any atom is 0.322 e. The summed E-state index contributed by atoms with van der Waals surface area (Å²) in [5.74, 6) is -1.53. The fraction of sp³-hybridized carbons (Fsp3) is 0.176. The van der Waals surface area contributed by atoms with E-state index >= 15 is 0 Å². The van der Waals surface area contributed by atoms with E-state index in [2.05, 4.69) is 15.5 Å². The van der Waals surface area contributed by atoms with Gasteiger partial charge >= 0.3 is 5.97 Å². The van der Waals surface area contributed by atoms with Gasteiger partial charge in [0.15, 0.2) is 5.65 Å². The van der Waals surface area contributed by atoms with Crippen molar-refractivity contribution in [1.82, 2.24) is 19.9 Å². The third-order valence-corrected chi connectivity index (χ3v) is 3.73. The van der Waals surface area contributed by atoms with Crippen molar-refractivity contribution in [2.45, 2.75) is 12.8 Å². The Morgan fingerprint density at radius 3 is 2.56 bits per heavy atom. The zero-order valence-electron chi connectivity index (χ0n) is 13.2. The lowest BCUT2D eigenvalue weighted by molar-refractivity contribution is -0.135. The predicted octanol–water partition coefficient (Wildman–Crippen LogP) is 1.03. The molecule has 0 radical (unpaired) electrons. The molecule has 0 saturated carbocycles. The lowest BCUT2D eigenvalue weighted by Gasteiger charge is -2.07. The monoisotopic (exact) mass is 340 g/mol. The molecule has 0 aliphatic rings. The van der Waals surface area contributed by atoms with E-state index < -0.39 is 18.4 Å². The molecule has 0 fully saturated rings. The molecule has 0 aliphatic carbocycles. The molecule has 8 heteroatoms. The number of benzene rings is 1. The molecule has 128 valence electrons. The zero-order chi connectivity index (χ0) is 17.8. The van der Waals surface area contributed by atoms with Gasteiger partial charge in [0.2, 0.25) is 0 Å². The first kappa shape index (κ1) is 16.4. The summed E-state index contributed by atoms with van der Waals surface area (Å²) in [4.78, 5) is 22.8. The number of fused-ring (bicyclic) bond motifs is 1. The number of carboxylic acid groups (broad SMARTS) is 1. The Balaban J connectivity index is 1.87. The van der Waals surface area contributed by atoms with E-state index in [9.17, 15) is 14.7 Å². The molecule has 0 unspecified atom stereocenters. The molecule has 3 aromatic rings. The van der Waals surface area contributed by atoms with Crippen molar-refractivity contribution in [3.8, 4) is 5.75 Å². The third-order valence-electron chi connectivity index (χ3n) is 3.73. The Morgan fingerprint density at radius 2 is 1.84 bits per heavy atom. The number of aliphatic carboxylic acids is 1. The number of hydrogen-bond acceptors (Lipinski definition) is 5. The topological polar surface area (TPSA) is 117 Å². The number of aromatic nitrogens is 3. The summed E-state index contributed by atoms with van der Waals surface area (Å²) < 4.78 is 1.62. The highest BCUT2D eigenvalue weighted by Crippen LogP contribution is 2.22. The number of carbonyl (C=O) groups excluding carboxylic acids is 1. The molecule has 0 saturated heterocycles. The Hall–Kier alpha value is -3.42. The number of aromatic hydroxyl groups is 1. The molecule has 2 aromatic heterocycles. The van der Waals surface area contributed by atoms with Crippen LogP contribution in [0.1, 0.15) is 21.7 Å². The molecular formula is C17H16N4O4. The van der Waals surface area contributed by atoms with Crippen LogP contribution in [0.3, 0.4) is 0 Å². The minimum absolute atomic E-state index is 0.0952. The van der Waals surface area contributed by atoms with Gasteiger partial charge in [-0.25, -0.2) is 0 Å². The summed E-state index contributed by atoms with van der Waals surface area (Å²) in [7, 11) is 0. The Labute approximate surface area is 142 Å². The minimum Gasteiger partial charge on any atom is -0.507 e. The average molecular weight is 340 g/mol. The van der Waals surface area contributed by atoms with Crippen molar-refractivity contribution in [2.24, 2.45) is 0 Å². The second-order valence-electron chi connectivity index (χ2n) is 5.45. The lowest BCUT2D eigenvalue weighted by atomic mass is 10.1. The van der Waals surface area contributed by atoms with Gasteiger partial charge in [0.25, 0.3) is 5.91 Å². The summed E-state index contributed by atoms with van der Waals surface area (Å²) >= 11 is 0. The smallest absolute Gasteiger partial charge is 0.322 e. The van der Waals surface area contributed by atoms with Gasteiger partial charge in [0.1, 0.15) is 23.7 Å². The van der Waals surface area contributed by atoms with Crippen molar-refractivity contribution in [1.29, 1.82) is 0 Å². The number of nitrogens with zero attached hydrogens (tertiary/aromatic N) is 3. The molecular weight excluding hydrogens is 324 g/mol. The van der Waals surface area contributed by atoms with E-state index in [-0.39, 0.29) is 17.0 Å². The van der Waals surface area contributed by atoms with Crippen LogP contribution in [0, 0.1) is 0 Å². The van der Waals surface area contributed by atoms with E-state index in [1.165, 1.54) is 6.07 Å². The SMILES string of the molecule is O=C(O)CNC(=O)c1c(O)ccn2c(CCc3ccccc3)nnc12. The predicted molar refractivity (Wildman–Crippen MR) is 88.5 cm³/mol. The zero-order valence-corrected chi connectivity index (χ0v) is 13.2. The first-order valence-corrected chi connectivity index (χ1v) is 7.65. The number of rotatable bonds is 6. The number of pyridine rings is 1. The van der Waals surface area contributed by atoms with Gasteiger partial charge in [-0.05, 0) is 18.1 Å². The van der Waals surface area contributed by atoms with Gasteiger partial charge < -0.3 is 15.5 Å². The third kappa shape index (κ3) is 3.57. The van der Waals surface area contributed by atoms with Crippen LogP contribution in [-0.2, 0) is 17.6 Å². The number of aryl methyl sites for hydroxylation is 2. The van der Waals surface area contributed by atoms with Gasteiger partial charge in [-0.2, -0.15) is 0 Å². The normalized spacial score (nSPS) is 10.7. The summed E-state index contributed by atoms with van der Waals surface area (Å²) in [6, 6.07) is 11.2. The Bertz CT molecular complexity index is 921. The quantitative estimate of drug-likeness (QED) is 0.617. The van der Waals surface area contributed by atoms with Crippen molar-refractivity contribution in [2.75, 3.05) is 6.54 Å². The largest absolute Gasteiger partial charge is 0.507 e. The number of carboxylic acids is 1. The maximum absolute atomic E-state index is 12.2. The molecule has 3 N–H and O–H groups in total. The van der Waals surface area contributed by atoms with Crippen LogP contribution in [0.4, 0.5) is 0 Å². The highest BCUT2D eigenvalue weighted by atomic mass is 16.4. The van der Waals surface area contributed by atoms with Gasteiger partial charge in [-0.1, -0.05) is 30.3 Å². The van der Waals surface area contributed by atoms with Gasteiger partial charge in [0, 0.05) is 12.6 Å². The van der Waals surface area contributed by atoms with E-state index in [0.717, 1.165) is 12.0 Å². The summed E-state index contributed by atoms with van der Waals surface area (Å²) in [6.45, 7) is -0.547. The van der Waals surface area contributed by atoms with Crippen molar-refractivity contribution < 1.29 is 19.8 Å². The molecule has 25 heavy (non-hydrogen) atoms. The standard InChI is InChI=1S/C17H16N4O4/c22-12-8-9-21-13(7-6-11-4-2-1-3-5-11)19-20-16(21)15(12)17(25)18-10-14(23)24/h1-5,8-9,22H,6-7,10H2,(H,18,25)(H,23,24). The first-order valence-electron chi connectivity index (χ1n) is 7.65. The lowest BCUT2D eigenvalue weighted by Crippen LogP contribution is -2.29. The van der Waals surface area contributed by atoms with Crippen LogP contribution in [0.15, 0.2) is 42.6 Å². The number of hydrogen-bond donors (Lipinski definition) is 3. The molecule has 1 aromatic carbocycles. The number of nitrogens with one attached hydrogen (secondary N) is 1. The summed E-state index contributed by atoms with van der Waals surface area (Å²) in [5.41, 5.74) is 1.24. The highest BCUT2D eigenvalue weighted by Gasteiger charge is 2.20.